The van der Waals surface area contributed by atoms with Crippen LogP contribution in [0.4, 0.5) is 0 Å². The second-order valence-corrected chi connectivity index (χ2v) is 2.99. The highest BCUT2D eigenvalue weighted by Crippen LogP contribution is 2.15. The SMILES string of the molecule is CCc1ccncc1C(N)COC. The summed E-state index contributed by atoms with van der Waals surface area (Å²) in [6.45, 7) is 2.65. The molecule has 72 valence electrons. The molecule has 1 aromatic heterocycles. The minimum absolute atomic E-state index is 0.0614. The first-order chi connectivity index (χ1) is 6.29. The van der Waals surface area contributed by atoms with Crippen molar-refractivity contribution in [2.24, 2.45) is 5.73 Å². The number of aryl methyl sites for hydroxylation is 1. The molecule has 0 aromatic carbocycles. The average molecular weight is 180 g/mol. The van der Waals surface area contributed by atoms with Gasteiger partial charge in [-0.25, -0.2) is 0 Å². The van der Waals surface area contributed by atoms with Crippen molar-refractivity contribution in [3.63, 3.8) is 0 Å². The summed E-state index contributed by atoms with van der Waals surface area (Å²) in [5.74, 6) is 0. The van der Waals surface area contributed by atoms with E-state index in [-0.39, 0.29) is 6.04 Å². The average Bonchev–Trinajstić information content (AvgIpc) is 2.18. The third-order valence-corrected chi connectivity index (χ3v) is 2.07. The van der Waals surface area contributed by atoms with Gasteiger partial charge in [0.2, 0.25) is 0 Å². The number of aromatic nitrogens is 1. The predicted octanol–water partition coefficient (Wildman–Crippen LogP) is 1.29. The molecule has 0 aliphatic carbocycles. The molecule has 0 radical (unpaired) electrons. The van der Waals surface area contributed by atoms with Gasteiger partial charge in [0, 0.05) is 19.5 Å². The smallest absolute Gasteiger partial charge is 0.0656 e. The van der Waals surface area contributed by atoms with E-state index in [2.05, 4.69) is 11.9 Å². The standard InChI is InChI=1S/C10H16N2O/c1-3-8-4-5-12-6-9(8)10(11)7-13-2/h4-6,10H,3,7,11H2,1-2H3. The third-order valence-electron chi connectivity index (χ3n) is 2.07. The zero-order valence-electron chi connectivity index (χ0n) is 8.16. The molecule has 1 aromatic rings. The molecule has 13 heavy (non-hydrogen) atoms. The second kappa shape index (κ2) is 4.94. The van der Waals surface area contributed by atoms with E-state index in [1.54, 1.807) is 13.3 Å². The van der Waals surface area contributed by atoms with Crippen LogP contribution in [0.3, 0.4) is 0 Å². The first kappa shape index (κ1) is 10.2. The Labute approximate surface area is 78.9 Å². The Kier molecular flexibility index (Phi) is 3.86. The molecule has 2 N–H and O–H groups in total. The molecule has 0 saturated heterocycles. The molecule has 1 heterocycles. The van der Waals surface area contributed by atoms with Gasteiger partial charge < -0.3 is 10.5 Å². The fourth-order valence-electron chi connectivity index (χ4n) is 1.36. The zero-order chi connectivity index (χ0) is 9.68. The Balaban J connectivity index is 2.85. The van der Waals surface area contributed by atoms with Crippen molar-refractivity contribution < 1.29 is 4.74 Å². The summed E-state index contributed by atoms with van der Waals surface area (Å²) in [5.41, 5.74) is 8.26. The Morgan fingerprint density at radius 3 is 3.00 bits per heavy atom. The number of hydrogen-bond donors (Lipinski definition) is 1. The van der Waals surface area contributed by atoms with E-state index in [1.807, 2.05) is 12.3 Å². The summed E-state index contributed by atoms with van der Waals surface area (Å²) in [6, 6.07) is 1.94. The van der Waals surface area contributed by atoms with E-state index in [4.69, 9.17) is 10.5 Å². The van der Waals surface area contributed by atoms with E-state index < -0.39 is 0 Å². The summed E-state index contributed by atoms with van der Waals surface area (Å²) in [4.78, 5) is 4.06. The highest BCUT2D eigenvalue weighted by atomic mass is 16.5. The molecule has 0 bridgehead atoms. The van der Waals surface area contributed by atoms with Crippen LogP contribution in [0.1, 0.15) is 24.1 Å². The molecular weight excluding hydrogens is 164 g/mol. The van der Waals surface area contributed by atoms with E-state index in [1.165, 1.54) is 5.56 Å². The zero-order valence-corrected chi connectivity index (χ0v) is 8.16. The predicted molar refractivity (Wildman–Crippen MR) is 52.4 cm³/mol. The summed E-state index contributed by atoms with van der Waals surface area (Å²) >= 11 is 0. The lowest BCUT2D eigenvalue weighted by molar-refractivity contribution is 0.180. The number of nitrogens with zero attached hydrogens (tertiary/aromatic N) is 1. The third kappa shape index (κ3) is 2.50. The van der Waals surface area contributed by atoms with Gasteiger partial charge in [0.1, 0.15) is 0 Å². The number of pyridine rings is 1. The van der Waals surface area contributed by atoms with E-state index in [9.17, 15) is 0 Å². The lowest BCUT2D eigenvalue weighted by Crippen LogP contribution is -2.18. The molecule has 3 nitrogen and oxygen atoms in total. The molecule has 1 rings (SSSR count). The normalized spacial score (nSPS) is 12.8. The fourth-order valence-corrected chi connectivity index (χ4v) is 1.36. The number of nitrogens with two attached hydrogens (primary N) is 1. The van der Waals surface area contributed by atoms with E-state index in [0.717, 1.165) is 12.0 Å². The minimum atomic E-state index is -0.0614. The molecule has 0 saturated carbocycles. The Morgan fingerprint density at radius 1 is 1.62 bits per heavy atom. The van der Waals surface area contributed by atoms with Crippen LogP contribution < -0.4 is 5.73 Å². The number of methoxy groups -OCH3 is 1. The number of rotatable bonds is 4. The molecule has 0 aliphatic heterocycles. The van der Waals surface area contributed by atoms with Crippen LogP contribution in [0.5, 0.6) is 0 Å². The van der Waals surface area contributed by atoms with Gasteiger partial charge in [0.05, 0.1) is 12.6 Å². The maximum atomic E-state index is 5.92. The van der Waals surface area contributed by atoms with Crippen molar-refractivity contribution in [1.29, 1.82) is 0 Å². The van der Waals surface area contributed by atoms with Gasteiger partial charge in [0.25, 0.3) is 0 Å². The molecule has 0 aliphatic rings. The van der Waals surface area contributed by atoms with Crippen LogP contribution in [0.2, 0.25) is 0 Å². The van der Waals surface area contributed by atoms with Gasteiger partial charge >= 0.3 is 0 Å². The van der Waals surface area contributed by atoms with Crippen molar-refractivity contribution in [2.45, 2.75) is 19.4 Å². The lowest BCUT2D eigenvalue weighted by atomic mass is 10.0. The van der Waals surface area contributed by atoms with Crippen molar-refractivity contribution in [2.75, 3.05) is 13.7 Å². The highest BCUT2D eigenvalue weighted by molar-refractivity contribution is 5.26. The molecular formula is C10H16N2O. The lowest BCUT2D eigenvalue weighted by Gasteiger charge is -2.13. The van der Waals surface area contributed by atoms with Gasteiger partial charge in [0.15, 0.2) is 0 Å². The minimum Gasteiger partial charge on any atom is -0.383 e. The molecule has 0 spiro atoms. The van der Waals surface area contributed by atoms with Gasteiger partial charge in [-0.15, -0.1) is 0 Å². The van der Waals surface area contributed by atoms with Crippen LogP contribution in [0.15, 0.2) is 18.5 Å². The number of hydrogen-bond acceptors (Lipinski definition) is 3. The number of ether oxygens (including phenoxy) is 1. The monoisotopic (exact) mass is 180 g/mol. The van der Waals surface area contributed by atoms with Crippen LogP contribution >= 0.6 is 0 Å². The molecule has 0 amide bonds. The van der Waals surface area contributed by atoms with E-state index in [0.29, 0.717) is 6.61 Å². The molecule has 1 unspecified atom stereocenters. The Hall–Kier alpha value is -0.930. The molecule has 3 heteroatoms. The van der Waals surface area contributed by atoms with Crippen LogP contribution in [0, 0.1) is 0 Å². The fraction of sp³-hybridized carbons (Fsp3) is 0.500. The first-order valence-corrected chi connectivity index (χ1v) is 4.46. The highest BCUT2D eigenvalue weighted by Gasteiger charge is 2.09. The van der Waals surface area contributed by atoms with Gasteiger partial charge in [-0.1, -0.05) is 6.92 Å². The quantitative estimate of drug-likeness (QED) is 0.759. The van der Waals surface area contributed by atoms with E-state index >= 15 is 0 Å². The van der Waals surface area contributed by atoms with Crippen LogP contribution in [-0.2, 0) is 11.2 Å². The van der Waals surface area contributed by atoms with Gasteiger partial charge in [-0.2, -0.15) is 0 Å². The second-order valence-electron chi connectivity index (χ2n) is 2.99. The Morgan fingerprint density at radius 2 is 2.38 bits per heavy atom. The van der Waals surface area contributed by atoms with Crippen LogP contribution in [0.25, 0.3) is 0 Å². The van der Waals surface area contributed by atoms with Gasteiger partial charge in [-0.3, -0.25) is 4.98 Å². The topological polar surface area (TPSA) is 48.1 Å². The Bertz CT molecular complexity index is 263. The maximum absolute atomic E-state index is 5.92. The summed E-state index contributed by atoms with van der Waals surface area (Å²) in [5, 5.41) is 0. The van der Waals surface area contributed by atoms with Crippen LogP contribution in [-0.4, -0.2) is 18.7 Å². The van der Waals surface area contributed by atoms with Crippen molar-refractivity contribution in [1.82, 2.24) is 4.98 Å². The van der Waals surface area contributed by atoms with Crippen molar-refractivity contribution in [3.05, 3.63) is 29.6 Å². The van der Waals surface area contributed by atoms with Crippen molar-refractivity contribution in [3.8, 4) is 0 Å². The summed E-state index contributed by atoms with van der Waals surface area (Å²) in [6.07, 6.45) is 4.60. The van der Waals surface area contributed by atoms with Gasteiger partial charge in [-0.05, 0) is 23.6 Å². The molecule has 1 atom stereocenters. The summed E-state index contributed by atoms with van der Waals surface area (Å²) < 4.78 is 5.00. The summed E-state index contributed by atoms with van der Waals surface area (Å²) in [7, 11) is 1.65. The van der Waals surface area contributed by atoms with Crippen molar-refractivity contribution >= 4 is 0 Å². The maximum Gasteiger partial charge on any atom is 0.0656 e. The largest absolute Gasteiger partial charge is 0.383 e. The molecule has 0 fully saturated rings. The first-order valence-electron chi connectivity index (χ1n) is 4.46.